The van der Waals surface area contributed by atoms with Gasteiger partial charge in [0.2, 0.25) is 5.91 Å². The molecular weight excluding hydrogens is 276 g/mol. The van der Waals surface area contributed by atoms with Crippen LogP contribution in [0, 0.1) is 0 Å². The number of amides is 1. The first-order valence-electron chi connectivity index (χ1n) is 6.87. The van der Waals surface area contributed by atoms with E-state index in [0.717, 1.165) is 11.3 Å². The van der Waals surface area contributed by atoms with Gasteiger partial charge in [-0.3, -0.25) is 4.79 Å². The van der Waals surface area contributed by atoms with E-state index in [2.05, 4.69) is 5.32 Å². The summed E-state index contributed by atoms with van der Waals surface area (Å²) in [6, 6.07) is 12.6. The Labute approximate surface area is 130 Å². The highest BCUT2D eigenvalue weighted by molar-refractivity contribution is 6.02. The van der Waals surface area contributed by atoms with Crippen LogP contribution in [0.2, 0.25) is 0 Å². The fraction of sp³-hybridized carbons (Fsp3) is 0.118. The van der Waals surface area contributed by atoms with Crippen molar-refractivity contribution < 1.29 is 4.79 Å². The van der Waals surface area contributed by atoms with Crippen molar-refractivity contribution >= 4 is 34.7 Å². The minimum Gasteiger partial charge on any atom is -0.399 e. The third-order valence-corrected chi connectivity index (χ3v) is 3.13. The molecule has 114 valence electrons. The van der Waals surface area contributed by atoms with E-state index in [4.69, 9.17) is 11.5 Å². The molecule has 0 heterocycles. The molecule has 0 radical (unpaired) electrons. The fourth-order valence-corrected chi connectivity index (χ4v) is 2.03. The molecule has 0 aliphatic heterocycles. The quantitative estimate of drug-likeness (QED) is 0.598. The highest BCUT2D eigenvalue weighted by atomic mass is 16.1. The monoisotopic (exact) mass is 296 g/mol. The number of nitrogens with one attached hydrogen (secondary N) is 1. The van der Waals surface area contributed by atoms with Crippen molar-refractivity contribution in [2.75, 3.05) is 35.8 Å². The highest BCUT2D eigenvalue weighted by Crippen LogP contribution is 2.22. The molecule has 5 N–H and O–H groups in total. The summed E-state index contributed by atoms with van der Waals surface area (Å²) < 4.78 is 0. The van der Waals surface area contributed by atoms with Crippen LogP contribution in [0.5, 0.6) is 0 Å². The minimum absolute atomic E-state index is 0.211. The second-order valence-corrected chi connectivity index (χ2v) is 5.16. The standard InChI is InChI=1S/C17H20N4O/c1-21(2)16-9-6-14(19)11-12(16)3-10-17(22)20-15-7-4-13(18)5-8-15/h3-11H,18-19H2,1-2H3,(H,20,22). The lowest BCUT2D eigenvalue weighted by atomic mass is 10.1. The molecule has 2 aromatic carbocycles. The Bertz CT molecular complexity index is 690. The largest absolute Gasteiger partial charge is 0.399 e. The molecule has 0 bridgehead atoms. The van der Waals surface area contributed by atoms with Gasteiger partial charge < -0.3 is 21.7 Å². The van der Waals surface area contributed by atoms with E-state index in [1.54, 1.807) is 30.3 Å². The van der Waals surface area contributed by atoms with Crippen molar-refractivity contribution in [3.63, 3.8) is 0 Å². The number of carbonyl (C=O) groups excluding carboxylic acids is 1. The molecule has 5 heteroatoms. The summed E-state index contributed by atoms with van der Waals surface area (Å²) in [5, 5.41) is 2.78. The minimum atomic E-state index is -0.211. The zero-order chi connectivity index (χ0) is 16.1. The average molecular weight is 296 g/mol. The van der Waals surface area contributed by atoms with Crippen molar-refractivity contribution in [2.45, 2.75) is 0 Å². The summed E-state index contributed by atoms with van der Waals surface area (Å²) in [5.74, 6) is -0.211. The van der Waals surface area contributed by atoms with Gasteiger partial charge in [-0.15, -0.1) is 0 Å². The van der Waals surface area contributed by atoms with E-state index in [1.165, 1.54) is 6.08 Å². The first-order valence-corrected chi connectivity index (χ1v) is 6.87. The van der Waals surface area contributed by atoms with Gasteiger partial charge in [0.1, 0.15) is 0 Å². The second kappa shape index (κ2) is 6.67. The van der Waals surface area contributed by atoms with E-state index in [1.807, 2.05) is 37.2 Å². The van der Waals surface area contributed by atoms with Crippen molar-refractivity contribution in [1.82, 2.24) is 0 Å². The van der Waals surface area contributed by atoms with Crippen LogP contribution in [0.1, 0.15) is 5.56 Å². The van der Waals surface area contributed by atoms with Gasteiger partial charge in [0.25, 0.3) is 0 Å². The van der Waals surface area contributed by atoms with Gasteiger partial charge >= 0.3 is 0 Å². The van der Waals surface area contributed by atoms with Gasteiger partial charge in [0.05, 0.1) is 0 Å². The molecule has 0 aliphatic rings. The summed E-state index contributed by atoms with van der Waals surface area (Å²) in [4.78, 5) is 13.9. The van der Waals surface area contributed by atoms with Crippen molar-refractivity contribution in [3.8, 4) is 0 Å². The normalized spacial score (nSPS) is 10.6. The molecule has 22 heavy (non-hydrogen) atoms. The van der Waals surface area contributed by atoms with Gasteiger partial charge in [0, 0.05) is 42.9 Å². The molecule has 0 spiro atoms. The molecule has 0 aliphatic carbocycles. The van der Waals surface area contributed by atoms with Crippen LogP contribution in [-0.4, -0.2) is 20.0 Å². The predicted molar refractivity (Wildman–Crippen MR) is 93.7 cm³/mol. The summed E-state index contributed by atoms with van der Waals surface area (Å²) >= 11 is 0. The van der Waals surface area contributed by atoms with E-state index < -0.39 is 0 Å². The number of nitrogen functional groups attached to an aromatic ring is 2. The molecule has 2 aromatic rings. The van der Waals surface area contributed by atoms with Gasteiger partial charge in [0.15, 0.2) is 0 Å². The van der Waals surface area contributed by atoms with Gasteiger partial charge in [-0.1, -0.05) is 0 Å². The molecule has 0 saturated heterocycles. The molecule has 1 amide bonds. The smallest absolute Gasteiger partial charge is 0.248 e. The predicted octanol–water partition coefficient (Wildman–Crippen LogP) is 2.57. The number of hydrogen-bond acceptors (Lipinski definition) is 4. The zero-order valence-corrected chi connectivity index (χ0v) is 12.7. The van der Waals surface area contributed by atoms with E-state index in [0.29, 0.717) is 17.1 Å². The Hall–Kier alpha value is -2.95. The summed E-state index contributed by atoms with van der Waals surface area (Å²) in [6.07, 6.45) is 3.23. The zero-order valence-electron chi connectivity index (χ0n) is 12.7. The lowest BCUT2D eigenvalue weighted by Crippen LogP contribution is -2.11. The lowest BCUT2D eigenvalue weighted by Gasteiger charge is -2.16. The summed E-state index contributed by atoms with van der Waals surface area (Å²) in [5.41, 5.74) is 15.3. The van der Waals surface area contributed by atoms with Crippen molar-refractivity contribution in [2.24, 2.45) is 0 Å². The van der Waals surface area contributed by atoms with E-state index >= 15 is 0 Å². The van der Waals surface area contributed by atoms with Crippen LogP contribution in [0.3, 0.4) is 0 Å². The lowest BCUT2D eigenvalue weighted by molar-refractivity contribution is -0.111. The molecule has 0 saturated carbocycles. The van der Waals surface area contributed by atoms with Gasteiger partial charge in [-0.05, 0) is 54.1 Å². The maximum absolute atomic E-state index is 12.0. The molecule has 0 aromatic heterocycles. The Balaban J connectivity index is 2.12. The fourth-order valence-electron chi connectivity index (χ4n) is 2.03. The molecular formula is C17H20N4O. The van der Waals surface area contributed by atoms with E-state index in [9.17, 15) is 4.79 Å². The van der Waals surface area contributed by atoms with Crippen molar-refractivity contribution in [3.05, 3.63) is 54.1 Å². The number of rotatable bonds is 4. The highest BCUT2D eigenvalue weighted by Gasteiger charge is 2.03. The van der Waals surface area contributed by atoms with Crippen LogP contribution in [-0.2, 0) is 4.79 Å². The Morgan fingerprint density at radius 3 is 2.32 bits per heavy atom. The number of anilines is 4. The third-order valence-electron chi connectivity index (χ3n) is 3.13. The summed E-state index contributed by atoms with van der Waals surface area (Å²) in [7, 11) is 3.88. The molecule has 5 nitrogen and oxygen atoms in total. The van der Waals surface area contributed by atoms with Crippen LogP contribution in [0.4, 0.5) is 22.7 Å². The van der Waals surface area contributed by atoms with Crippen molar-refractivity contribution in [1.29, 1.82) is 0 Å². The van der Waals surface area contributed by atoms with Crippen LogP contribution in [0.15, 0.2) is 48.5 Å². The Kier molecular flexibility index (Phi) is 4.68. The van der Waals surface area contributed by atoms with Gasteiger partial charge in [-0.2, -0.15) is 0 Å². The first kappa shape index (κ1) is 15.4. The SMILES string of the molecule is CN(C)c1ccc(N)cc1C=CC(=O)Nc1ccc(N)cc1. The van der Waals surface area contributed by atoms with Crippen LogP contribution >= 0.6 is 0 Å². The first-order chi connectivity index (χ1) is 10.5. The van der Waals surface area contributed by atoms with Crippen LogP contribution < -0.4 is 21.7 Å². The maximum atomic E-state index is 12.0. The summed E-state index contributed by atoms with van der Waals surface area (Å²) in [6.45, 7) is 0. The third kappa shape index (κ3) is 4.02. The number of carbonyl (C=O) groups is 1. The van der Waals surface area contributed by atoms with Crippen LogP contribution in [0.25, 0.3) is 6.08 Å². The maximum Gasteiger partial charge on any atom is 0.248 e. The number of benzene rings is 2. The van der Waals surface area contributed by atoms with Gasteiger partial charge in [-0.25, -0.2) is 0 Å². The molecule has 0 atom stereocenters. The topological polar surface area (TPSA) is 84.4 Å². The Morgan fingerprint density at radius 1 is 1.05 bits per heavy atom. The number of nitrogens with two attached hydrogens (primary N) is 2. The van der Waals surface area contributed by atoms with E-state index in [-0.39, 0.29) is 5.91 Å². The number of hydrogen-bond donors (Lipinski definition) is 3. The molecule has 2 rings (SSSR count). The Morgan fingerprint density at radius 2 is 1.68 bits per heavy atom. The number of nitrogens with zero attached hydrogens (tertiary/aromatic N) is 1. The molecule has 0 unspecified atom stereocenters. The average Bonchev–Trinajstić information content (AvgIpc) is 2.47. The molecule has 0 fully saturated rings. The second-order valence-electron chi connectivity index (χ2n) is 5.16.